The van der Waals surface area contributed by atoms with Crippen LogP contribution in [0.2, 0.25) is 10.0 Å². The fourth-order valence-electron chi connectivity index (χ4n) is 2.76. The molecule has 1 aromatic carbocycles. The number of halogens is 2. The van der Waals surface area contributed by atoms with Gasteiger partial charge in [-0.2, -0.15) is 0 Å². The molecule has 150 valence electrons. The number of hydrogen-bond acceptors (Lipinski definition) is 3. The van der Waals surface area contributed by atoms with Crippen molar-refractivity contribution >= 4 is 28.9 Å². The van der Waals surface area contributed by atoms with Crippen LogP contribution in [0, 0.1) is 6.92 Å². The Bertz CT molecular complexity index is 841. The Morgan fingerprint density at radius 3 is 2.64 bits per heavy atom. The second-order valence-electron chi connectivity index (χ2n) is 7.02. The summed E-state index contributed by atoms with van der Waals surface area (Å²) in [5.41, 5.74) is 5.14. The summed E-state index contributed by atoms with van der Waals surface area (Å²) in [6.07, 6.45) is 11.7. The molecule has 28 heavy (non-hydrogen) atoms. The standard InChI is InChI=1S/C22H27Cl2N3O/c1-16(2)6-5-7-17(3)8-11-28-26-21(14-27-10-9-25-15-27)22-18(4)12-19(23)13-20(22)24/h6,8-10,12-13,15H,5,7,11,14H2,1-4H3/b17-8+,26-21+. The third kappa shape index (κ3) is 7.17. The van der Waals surface area contributed by atoms with E-state index >= 15 is 0 Å². The van der Waals surface area contributed by atoms with Crippen LogP contribution in [-0.2, 0) is 11.4 Å². The minimum absolute atomic E-state index is 0.415. The second kappa shape index (κ2) is 11.1. The lowest BCUT2D eigenvalue weighted by atomic mass is 10.0. The molecule has 0 fully saturated rings. The molecule has 4 nitrogen and oxygen atoms in total. The molecule has 0 spiro atoms. The van der Waals surface area contributed by atoms with Gasteiger partial charge < -0.3 is 9.40 Å². The highest BCUT2D eigenvalue weighted by molar-refractivity contribution is 6.37. The third-order valence-electron chi connectivity index (χ3n) is 4.20. The summed E-state index contributed by atoms with van der Waals surface area (Å²) in [5, 5.41) is 5.54. The highest BCUT2D eigenvalue weighted by Gasteiger charge is 2.14. The van der Waals surface area contributed by atoms with Crippen LogP contribution in [0.4, 0.5) is 0 Å². The summed E-state index contributed by atoms with van der Waals surface area (Å²) in [6, 6.07) is 3.60. The molecule has 2 rings (SSSR count). The minimum atomic E-state index is 0.415. The molecule has 0 amide bonds. The van der Waals surface area contributed by atoms with Crippen LogP contribution in [0.1, 0.15) is 44.7 Å². The Labute approximate surface area is 177 Å². The van der Waals surface area contributed by atoms with Gasteiger partial charge in [-0.1, -0.05) is 45.6 Å². The van der Waals surface area contributed by atoms with Crippen LogP contribution in [0.3, 0.4) is 0 Å². The normalized spacial score (nSPS) is 12.2. The summed E-state index contributed by atoms with van der Waals surface area (Å²) < 4.78 is 1.92. The number of allylic oxidation sites excluding steroid dienone is 3. The van der Waals surface area contributed by atoms with Gasteiger partial charge in [-0.3, -0.25) is 0 Å². The van der Waals surface area contributed by atoms with Crippen molar-refractivity contribution in [3.05, 3.63) is 75.3 Å². The number of rotatable bonds is 9. The monoisotopic (exact) mass is 419 g/mol. The van der Waals surface area contributed by atoms with Crippen molar-refractivity contribution in [3.63, 3.8) is 0 Å². The molecule has 0 atom stereocenters. The average Bonchev–Trinajstić information content (AvgIpc) is 3.10. The molecule has 0 N–H and O–H groups in total. The number of oxime groups is 1. The van der Waals surface area contributed by atoms with Crippen LogP contribution >= 0.6 is 23.2 Å². The smallest absolute Gasteiger partial charge is 0.135 e. The van der Waals surface area contributed by atoms with Gasteiger partial charge in [0.25, 0.3) is 0 Å². The summed E-state index contributed by atoms with van der Waals surface area (Å²) in [7, 11) is 0. The molecule has 0 aliphatic rings. The number of nitrogens with zero attached hydrogens (tertiary/aromatic N) is 3. The molecule has 0 unspecified atom stereocenters. The lowest BCUT2D eigenvalue weighted by Gasteiger charge is -2.13. The first kappa shape index (κ1) is 22.3. The quantitative estimate of drug-likeness (QED) is 0.198. The first-order valence-electron chi connectivity index (χ1n) is 9.26. The van der Waals surface area contributed by atoms with Gasteiger partial charge in [0.1, 0.15) is 12.3 Å². The third-order valence-corrected chi connectivity index (χ3v) is 4.72. The number of aromatic nitrogens is 2. The van der Waals surface area contributed by atoms with Gasteiger partial charge in [-0.25, -0.2) is 4.98 Å². The van der Waals surface area contributed by atoms with Gasteiger partial charge in [0, 0.05) is 23.0 Å². The van der Waals surface area contributed by atoms with Crippen molar-refractivity contribution in [2.75, 3.05) is 6.61 Å². The molecule has 1 heterocycles. The zero-order valence-corrected chi connectivity index (χ0v) is 18.4. The van der Waals surface area contributed by atoms with Gasteiger partial charge in [-0.15, -0.1) is 0 Å². The van der Waals surface area contributed by atoms with Crippen molar-refractivity contribution in [1.29, 1.82) is 0 Å². The second-order valence-corrected chi connectivity index (χ2v) is 7.86. The predicted molar refractivity (Wildman–Crippen MR) is 118 cm³/mol. The number of imidazole rings is 1. The van der Waals surface area contributed by atoms with Gasteiger partial charge in [0.05, 0.1) is 17.9 Å². The van der Waals surface area contributed by atoms with Crippen molar-refractivity contribution in [2.24, 2.45) is 5.16 Å². The van der Waals surface area contributed by atoms with Crippen LogP contribution in [-0.4, -0.2) is 21.9 Å². The summed E-state index contributed by atoms with van der Waals surface area (Å²) >= 11 is 12.6. The maximum absolute atomic E-state index is 6.45. The number of hydrogen-bond donors (Lipinski definition) is 0. The van der Waals surface area contributed by atoms with E-state index in [1.54, 1.807) is 18.6 Å². The maximum atomic E-state index is 6.45. The summed E-state index contributed by atoms with van der Waals surface area (Å²) in [6.45, 7) is 9.22. The summed E-state index contributed by atoms with van der Waals surface area (Å²) in [5.74, 6) is 0. The highest BCUT2D eigenvalue weighted by Crippen LogP contribution is 2.26. The first-order chi connectivity index (χ1) is 13.4. The summed E-state index contributed by atoms with van der Waals surface area (Å²) in [4.78, 5) is 9.70. The molecular formula is C22H27Cl2N3O. The Morgan fingerprint density at radius 2 is 2.00 bits per heavy atom. The van der Waals surface area contributed by atoms with E-state index in [0.29, 0.717) is 23.2 Å². The van der Waals surface area contributed by atoms with E-state index in [1.807, 2.05) is 23.8 Å². The Hall–Kier alpha value is -2.04. The Morgan fingerprint density at radius 1 is 1.21 bits per heavy atom. The Kier molecular flexibility index (Phi) is 8.81. The molecule has 0 radical (unpaired) electrons. The first-order valence-corrected chi connectivity index (χ1v) is 10.0. The topological polar surface area (TPSA) is 39.4 Å². The lowest BCUT2D eigenvalue weighted by molar-refractivity contribution is 0.173. The van der Waals surface area contributed by atoms with E-state index in [-0.39, 0.29) is 0 Å². The minimum Gasteiger partial charge on any atom is -0.391 e. The van der Waals surface area contributed by atoms with Crippen molar-refractivity contribution in [1.82, 2.24) is 9.55 Å². The zero-order valence-electron chi connectivity index (χ0n) is 16.9. The SMILES string of the molecule is CC(C)=CCC/C(C)=C/CO/N=C(\Cn1ccnc1)c1c(C)cc(Cl)cc1Cl. The number of aryl methyl sites for hydroxylation is 1. The van der Waals surface area contributed by atoms with Crippen molar-refractivity contribution in [3.8, 4) is 0 Å². The van der Waals surface area contributed by atoms with Crippen molar-refractivity contribution in [2.45, 2.75) is 47.1 Å². The lowest BCUT2D eigenvalue weighted by Crippen LogP contribution is -2.13. The Balaban J connectivity index is 2.13. The van der Waals surface area contributed by atoms with Gasteiger partial charge >= 0.3 is 0 Å². The van der Waals surface area contributed by atoms with Crippen LogP contribution in [0.15, 0.2) is 59.3 Å². The number of benzene rings is 1. The molecule has 0 saturated carbocycles. The largest absolute Gasteiger partial charge is 0.391 e. The molecule has 2 aromatic rings. The average molecular weight is 420 g/mol. The van der Waals surface area contributed by atoms with Crippen LogP contribution < -0.4 is 0 Å². The van der Waals surface area contributed by atoms with E-state index in [1.165, 1.54) is 11.1 Å². The predicted octanol–water partition coefficient (Wildman–Crippen LogP) is 6.61. The van der Waals surface area contributed by atoms with E-state index in [0.717, 1.165) is 29.7 Å². The molecule has 1 aromatic heterocycles. The van der Waals surface area contributed by atoms with Gasteiger partial charge in [0.15, 0.2) is 0 Å². The molecular weight excluding hydrogens is 393 g/mol. The van der Waals surface area contributed by atoms with E-state index in [9.17, 15) is 0 Å². The fourth-order valence-corrected chi connectivity index (χ4v) is 3.46. The van der Waals surface area contributed by atoms with E-state index in [4.69, 9.17) is 28.0 Å². The maximum Gasteiger partial charge on any atom is 0.135 e. The molecule has 0 aliphatic carbocycles. The van der Waals surface area contributed by atoms with E-state index < -0.39 is 0 Å². The fraction of sp³-hybridized carbons (Fsp3) is 0.364. The van der Waals surface area contributed by atoms with Gasteiger partial charge in [-0.05, 0) is 64.3 Å². The van der Waals surface area contributed by atoms with Gasteiger partial charge in [0.2, 0.25) is 0 Å². The highest BCUT2D eigenvalue weighted by atomic mass is 35.5. The molecule has 0 saturated heterocycles. The van der Waals surface area contributed by atoms with E-state index in [2.05, 4.69) is 43.1 Å². The molecule has 0 aliphatic heterocycles. The van der Waals surface area contributed by atoms with Crippen LogP contribution in [0.5, 0.6) is 0 Å². The molecule has 6 heteroatoms. The van der Waals surface area contributed by atoms with Crippen LogP contribution in [0.25, 0.3) is 0 Å². The van der Waals surface area contributed by atoms with Crippen molar-refractivity contribution < 1.29 is 4.84 Å². The zero-order chi connectivity index (χ0) is 20.5. The molecule has 0 bridgehead atoms.